The molecule has 7 heteroatoms. The molecule has 2 aliphatic rings. The minimum atomic E-state index is -1.68. The van der Waals surface area contributed by atoms with E-state index in [0.717, 1.165) is 19.3 Å². The van der Waals surface area contributed by atoms with Crippen LogP contribution in [0.2, 0.25) is 10.0 Å². The van der Waals surface area contributed by atoms with Gasteiger partial charge in [0, 0.05) is 21.4 Å². The first-order chi connectivity index (χ1) is 15.9. The number of nitrogens with zero attached hydrogens (tertiary/aromatic N) is 3. The van der Waals surface area contributed by atoms with Crippen LogP contribution in [-0.4, -0.2) is 17.2 Å². The molecule has 0 bridgehead atoms. The van der Waals surface area contributed by atoms with Crippen molar-refractivity contribution in [2.75, 3.05) is 9.80 Å². The van der Waals surface area contributed by atoms with E-state index in [0.29, 0.717) is 32.7 Å². The first-order valence-electron chi connectivity index (χ1n) is 10.8. The van der Waals surface area contributed by atoms with Crippen molar-refractivity contribution < 1.29 is 9.90 Å². The molecule has 0 aromatic heterocycles. The highest BCUT2D eigenvalue weighted by Gasteiger charge is 2.61. The van der Waals surface area contributed by atoms with Gasteiger partial charge in [0.05, 0.1) is 12.6 Å². The van der Waals surface area contributed by atoms with Gasteiger partial charge >= 0.3 is 6.03 Å². The van der Waals surface area contributed by atoms with Gasteiger partial charge in [0.15, 0.2) is 11.4 Å². The lowest BCUT2D eigenvalue weighted by Gasteiger charge is -2.44. The van der Waals surface area contributed by atoms with Crippen LogP contribution in [0.5, 0.6) is 0 Å². The summed E-state index contributed by atoms with van der Waals surface area (Å²) in [7, 11) is 0. The summed E-state index contributed by atoms with van der Waals surface area (Å²) in [5.41, 5.74) is 0.420. The van der Waals surface area contributed by atoms with Crippen molar-refractivity contribution >= 4 is 46.3 Å². The van der Waals surface area contributed by atoms with Gasteiger partial charge in [0.2, 0.25) is 0 Å². The summed E-state index contributed by atoms with van der Waals surface area (Å²) >= 11 is 12.2. The summed E-state index contributed by atoms with van der Waals surface area (Å²) < 4.78 is 0. The number of aliphatic hydroxyl groups is 1. The maximum Gasteiger partial charge on any atom is 0.332 e. The summed E-state index contributed by atoms with van der Waals surface area (Å²) in [5.74, 6) is 0.100. The molecule has 1 aliphatic heterocycles. The number of halogens is 2. The average molecular weight is 478 g/mol. The molecule has 1 saturated carbocycles. The number of rotatable bonds is 4. The van der Waals surface area contributed by atoms with Crippen LogP contribution in [0.25, 0.3) is 4.85 Å². The van der Waals surface area contributed by atoms with Gasteiger partial charge in [-0.25, -0.2) is 9.64 Å². The Bertz CT molecular complexity index is 1240. The van der Waals surface area contributed by atoms with E-state index in [-0.39, 0.29) is 11.9 Å². The van der Waals surface area contributed by atoms with Gasteiger partial charge < -0.3 is 5.11 Å². The lowest BCUT2D eigenvalue weighted by Crippen LogP contribution is -2.54. The molecule has 2 atom stereocenters. The molecule has 2 fully saturated rings. The van der Waals surface area contributed by atoms with Crippen LogP contribution in [0.15, 0.2) is 72.8 Å². The minimum absolute atomic E-state index is 0.100. The van der Waals surface area contributed by atoms with Crippen LogP contribution >= 0.6 is 23.2 Å². The van der Waals surface area contributed by atoms with Crippen molar-refractivity contribution in [1.29, 1.82) is 0 Å². The maximum absolute atomic E-state index is 14.0. The topological polar surface area (TPSA) is 48.1 Å². The number of amides is 2. The largest absolute Gasteiger partial charge is 0.365 e. The Morgan fingerprint density at radius 1 is 0.939 bits per heavy atom. The van der Waals surface area contributed by atoms with E-state index in [1.807, 2.05) is 0 Å². The number of anilines is 2. The van der Waals surface area contributed by atoms with Crippen molar-refractivity contribution in [3.8, 4) is 0 Å². The second-order valence-electron chi connectivity index (χ2n) is 8.46. The van der Waals surface area contributed by atoms with E-state index in [4.69, 9.17) is 29.8 Å². The van der Waals surface area contributed by atoms with Gasteiger partial charge in [-0.1, -0.05) is 47.8 Å². The molecule has 1 N–H and O–H groups in total. The fourth-order valence-corrected chi connectivity index (χ4v) is 5.11. The molecule has 2 amide bonds. The summed E-state index contributed by atoms with van der Waals surface area (Å²) in [5, 5.41) is 13.6. The summed E-state index contributed by atoms with van der Waals surface area (Å²) in [6, 6.07) is 19.9. The smallest absolute Gasteiger partial charge is 0.332 e. The molecule has 166 valence electrons. The van der Waals surface area contributed by atoms with E-state index < -0.39 is 11.8 Å². The highest BCUT2D eigenvalue weighted by atomic mass is 35.5. The SMILES string of the molecule is [C-]#[N+]c1cccc(C2(O)C(C3CCC3)N(c3ccc(Cl)cc3)C(=O)N2c2ccc(Cl)cc2)c1. The standard InChI is InChI=1S/C26H21Cl2N3O2/c1-29-21-7-3-6-18(16-21)26(33)24(17-4-2-5-17)30(22-12-8-19(27)9-13-22)25(32)31(26)23-14-10-20(28)11-15-23/h3,6-17,24,33H,2,4-5H2. The normalized spacial score (nSPS) is 22.8. The third-order valence-corrected chi connectivity index (χ3v) is 7.12. The monoisotopic (exact) mass is 477 g/mol. The predicted molar refractivity (Wildman–Crippen MR) is 131 cm³/mol. The number of benzene rings is 3. The zero-order valence-electron chi connectivity index (χ0n) is 17.7. The minimum Gasteiger partial charge on any atom is -0.365 e. The predicted octanol–water partition coefficient (Wildman–Crippen LogP) is 7.00. The fraction of sp³-hybridized carbons (Fsp3) is 0.231. The van der Waals surface area contributed by atoms with Crippen molar-refractivity contribution in [3.05, 3.63) is 99.8 Å². The Morgan fingerprint density at radius 3 is 2.09 bits per heavy atom. The van der Waals surface area contributed by atoms with E-state index >= 15 is 0 Å². The highest BCUT2D eigenvalue weighted by molar-refractivity contribution is 6.31. The van der Waals surface area contributed by atoms with E-state index in [1.54, 1.807) is 77.7 Å². The number of hydrogen-bond acceptors (Lipinski definition) is 2. The molecule has 0 spiro atoms. The highest BCUT2D eigenvalue weighted by Crippen LogP contribution is 2.51. The molecular weight excluding hydrogens is 457 g/mol. The molecular formula is C26H21Cl2N3O2. The molecule has 1 heterocycles. The molecule has 33 heavy (non-hydrogen) atoms. The van der Waals surface area contributed by atoms with Gasteiger partial charge in [0.25, 0.3) is 0 Å². The number of urea groups is 1. The van der Waals surface area contributed by atoms with Crippen LogP contribution in [0, 0.1) is 12.5 Å². The first-order valence-corrected chi connectivity index (χ1v) is 11.5. The van der Waals surface area contributed by atoms with E-state index in [1.165, 1.54) is 4.90 Å². The summed E-state index contributed by atoms with van der Waals surface area (Å²) in [6.07, 6.45) is 2.85. The van der Waals surface area contributed by atoms with Gasteiger partial charge in [-0.3, -0.25) is 9.80 Å². The van der Waals surface area contributed by atoms with Crippen molar-refractivity contribution in [3.63, 3.8) is 0 Å². The van der Waals surface area contributed by atoms with Gasteiger partial charge in [0.1, 0.15) is 0 Å². The van der Waals surface area contributed by atoms with Crippen LogP contribution in [0.1, 0.15) is 24.8 Å². The molecule has 3 aromatic carbocycles. The van der Waals surface area contributed by atoms with Crippen LogP contribution in [-0.2, 0) is 5.72 Å². The van der Waals surface area contributed by atoms with Gasteiger partial charge in [-0.2, -0.15) is 0 Å². The summed E-state index contributed by atoms with van der Waals surface area (Å²) in [4.78, 5) is 20.7. The second-order valence-corrected chi connectivity index (χ2v) is 9.34. The second kappa shape index (κ2) is 8.39. The molecule has 2 unspecified atom stereocenters. The zero-order chi connectivity index (χ0) is 23.2. The number of carbonyl (C=O) groups excluding carboxylic acids is 1. The van der Waals surface area contributed by atoms with Crippen molar-refractivity contribution in [2.24, 2.45) is 5.92 Å². The van der Waals surface area contributed by atoms with Crippen molar-refractivity contribution in [2.45, 2.75) is 31.0 Å². The van der Waals surface area contributed by atoms with Crippen LogP contribution < -0.4 is 9.80 Å². The average Bonchev–Trinajstić information content (AvgIpc) is 3.02. The van der Waals surface area contributed by atoms with Gasteiger partial charge in [-0.05, 0) is 78.9 Å². The molecule has 0 radical (unpaired) electrons. The fourth-order valence-electron chi connectivity index (χ4n) is 4.85. The van der Waals surface area contributed by atoms with Crippen molar-refractivity contribution in [1.82, 2.24) is 0 Å². The third kappa shape index (κ3) is 3.55. The quantitative estimate of drug-likeness (QED) is 0.411. The first kappa shape index (κ1) is 21.8. The van der Waals surface area contributed by atoms with Crippen LogP contribution in [0.4, 0.5) is 21.9 Å². The number of carbonyl (C=O) groups is 1. The van der Waals surface area contributed by atoms with E-state index in [2.05, 4.69) is 4.85 Å². The lowest BCUT2D eigenvalue weighted by atomic mass is 9.73. The molecule has 1 saturated heterocycles. The molecule has 5 nitrogen and oxygen atoms in total. The van der Waals surface area contributed by atoms with Crippen LogP contribution in [0.3, 0.4) is 0 Å². The molecule has 3 aromatic rings. The number of hydrogen-bond donors (Lipinski definition) is 1. The Balaban J connectivity index is 1.75. The third-order valence-electron chi connectivity index (χ3n) is 6.61. The Morgan fingerprint density at radius 2 is 1.55 bits per heavy atom. The maximum atomic E-state index is 14.0. The molecule has 1 aliphatic carbocycles. The Kier molecular flexibility index (Phi) is 5.54. The Labute approximate surface area is 202 Å². The lowest BCUT2D eigenvalue weighted by molar-refractivity contribution is -0.00134. The summed E-state index contributed by atoms with van der Waals surface area (Å²) in [6.45, 7) is 7.45. The van der Waals surface area contributed by atoms with E-state index in [9.17, 15) is 9.90 Å². The van der Waals surface area contributed by atoms with Gasteiger partial charge in [-0.15, -0.1) is 0 Å². The molecule has 5 rings (SSSR count). The zero-order valence-corrected chi connectivity index (χ0v) is 19.2. The Hall–Kier alpha value is -3.04.